The molecule has 7 rings (SSSR count). The molecule has 3 aliphatic heterocycles. The Labute approximate surface area is 265 Å². The summed E-state index contributed by atoms with van der Waals surface area (Å²) in [7, 11) is 0. The number of amides is 1. The predicted molar refractivity (Wildman–Crippen MR) is 162 cm³/mol. The standard InChI is InChI=1S/C33H36ClF3N6O2/c1-20(35)30(44)43-15-14-41(18-22(43)8-12-38)29-24-7-11-33(10-6-23-25(33)4-2-5-26(23)34)28(37)27(24)39-31(40-29)45-19-32-9-3-13-42(32)17-21(36)16-32/h2,4-5,21-22,28H,1,3,6-11,13-19H2/t21-,22+,28+,32+,33-/m1/s1. The minimum atomic E-state index is -1.44. The molecule has 1 aromatic carbocycles. The first-order valence-corrected chi connectivity index (χ1v) is 16.2. The Morgan fingerprint density at radius 1 is 1.13 bits per heavy atom. The normalized spacial score (nSPS) is 30.6. The lowest BCUT2D eigenvalue weighted by Gasteiger charge is -2.43. The Hall–Kier alpha value is -3.36. The van der Waals surface area contributed by atoms with Gasteiger partial charge in [-0.25, -0.2) is 13.2 Å². The predicted octanol–water partition coefficient (Wildman–Crippen LogP) is 5.34. The zero-order valence-corrected chi connectivity index (χ0v) is 25.8. The molecular weight excluding hydrogens is 605 g/mol. The van der Waals surface area contributed by atoms with E-state index in [4.69, 9.17) is 26.3 Å². The second kappa shape index (κ2) is 11.5. The Kier molecular flexibility index (Phi) is 7.72. The van der Waals surface area contributed by atoms with E-state index in [-0.39, 0.29) is 37.8 Å². The largest absolute Gasteiger partial charge is 0.461 e. The van der Waals surface area contributed by atoms with Gasteiger partial charge in [0.2, 0.25) is 0 Å². The molecule has 4 heterocycles. The van der Waals surface area contributed by atoms with Gasteiger partial charge in [0.15, 0.2) is 12.0 Å². The van der Waals surface area contributed by atoms with E-state index < -0.39 is 41.1 Å². The van der Waals surface area contributed by atoms with Gasteiger partial charge in [-0.2, -0.15) is 15.2 Å². The Balaban J connectivity index is 1.26. The van der Waals surface area contributed by atoms with E-state index in [1.54, 1.807) is 0 Å². The van der Waals surface area contributed by atoms with Crippen LogP contribution in [0.5, 0.6) is 6.01 Å². The first-order valence-electron chi connectivity index (χ1n) is 15.8. The molecule has 8 nitrogen and oxygen atoms in total. The molecule has 1 spiro atoms. The molecule has 0 radical (unpaired) electrons. The number of halogens is 4. The van der Waals surface area contributed by atoms with E-state index >= 15 is 4.39 Å². The summed E-state index contributed by atoms with van der Waals surface area (Å²) in [5, 5.41) is 10.2. The van der Waals surface area contributed by atoms with Gasteiger partial charge in [0, 0.05) is 48.6 Å². The summed E-state index contributed by atoms with van der Waals surface area (Å²) in [4.78, 5) is 27.5. The van der Waals surface area contributed by atoms with E-state index in [1.807, 2.05) is 23.1 Å². The number of benzene rings is 1. The zero-order chi connectivity index (χ0) is 31.5. The number of nitrogens with zero attached hydrogens (tertiary/aromatic N) is 6. The summed E-state index contributed by atoms with van der Waals surface area (Å²) in [5.74, 6) is -1.41. The average Bonchev–Trinajstić information content (AvgIpc) is 3.69. The van der Waals surface area contributed by atoms with Crippen LogP contribution in [0, 0.1) is 11.3 Å². The fourth-order valence-electron chi connectivity index (χ4n) is 8.66. The van der Waals surface area contributed by atoms with Crippen LogP contribution < -0.4 is 9.64 Å². The fourth-order valence-corrected chi connectivity index (χ4v) is 8.93. The summed E-state index contributed by atoms with van der Waals surface area (Å²) in [6, 6.07) is 7.20. The zero-order valence-electron chi connectivity index (χ0n) is 25.1. The van der Waals surface area contributed by atoms with Gasteiger partial charge < -0.3 is 14.5 Å². The van der Waals surface area contributed by atoms with E-state index in [9.17, 15) is 18.8 Å². The number of alkyl halides is 2. The van der Waals surface area contributed by atoms with Crippen molar-refractivity contribution in [1.82, 2.24) is 19.8 Å². The monoisotopic (exact) mass is 640 g/mol. The van der Waals surface area contributed by atoms with E-state index in [2.05, 4.69) is 17.5 Å². The molecule has 238 valence electrons. The van der Waals surface area contributed by atoms with Gasteiger partial charge in [-0.05, 0) is 62.3 Å². The molecular formula is C33H36ClF3N6O2. The molecule has 3 fully saturated rings. The molecule has 5 atom stereocenters. The van der Waals surface area contributed by atoms with Crippen molar-refractivity contribution in [3.63, 3.8) is 0 Å². The molecule has 0 bridgehead atoms. The number of hydrogen-bond donors (Lipinski definition) is 0. The van der Waals surface area contributed by atoms with Crippen molar-refractivity contribution < 1.29 is 22.7 Å². The molecule has 2 aromatic rings. The van der Waals surface area contributed by atoms with Crippen molar-refractivity contribution >= 4 is 23.3 Å². The summed E-state index contributed by atoms with van der Waals surface area (Å²) in [6.07, 6.45) is 2.11. The maximum absolute atomic E-state index is 17.1. The highest BCUT2D eigenvalue weighted by Crippen LogP contribution is 2.57. The van der Waals surface area contributed by atoms with Crippen molar-refractivity contribution in [3.05, 3.63) is 58.0 Å². The van der Waals surface area contributed by atoms with Crippen molar-refractivity contribution in [2.24, 2.45) is 0 Å². The van der Waals surface area contributed by atoms with Gasteiger partial charge >= 0.3 is 6.01 Å². The van der Waals surface area contributed by atoms with Crippen LogP contribution in [0.15, 0.2) is 30.6 Å². The lowest BCUT2D eigenvalue weighted by Crippen LogP contribution is -2.55. The number of carbonyl (C=O) groups is 1. The molecule has 0 saturated carbocycles. The Morgan fingerprint density at radius 3 is 2.71 bits per heavy atom. The lowest BCUT2D eigenvalue weighted by molar-refractivity contribution is -0.131. The van der Waals surface area contributed by atoms with Crippen molar-refractivity contribution in [2.75, 3.05) is 44.2 Å². The lowest BCUT2D eigenvalue weighted by atomic mass is 9.68. The van der Waals surface area contributed by atoms with Crippen LogP contribution in [0.3, 0.4) is 0 Å². The van der Waals surface area contributed by atoms with Crippen molar-refractivity contribution in [3.8, 4) is 12.1 Å². The number of anilines is 1. The third-order valence-corrected chi connectivity index (χ3v) is 11.2. The molecule has 5 aliphatic rings. The number of nitriles is 1. The van der Waals surface area contributed by atoms with E-state index in [0.717, 1.165) is 30.5 Å². The highest BCUT2D eigenvalue weighted by atomic mass is 35.5. The number of rotatable bonds is 6. The second-order valence-corrected chi connectivity index (χ2v) is 13.6. The van der Waals surface area contributed by atoms with Crippen LogP contribution in [0.25, 0.3) is 0 Å². The van der Waals surface area contributed by atoms with Crippen LogP contribution >= 0.6 is 11.6 Å². The fraction of sp³-hybridized carbons (Fsp3) is 0.576. The highest BCUT2D eigenvalue weighted by molar-refractivity contribution is 6.31. The maximum Gasteiger partial charge on any atom is 0.318 e. The Bertz CT molecular complexity index is 1590. The van der Waals surface area contributed by atoms with Crippen LogP contribution in [0.4, 0.5) is 19.0 Å². The first kappa shape index (κ1) is 30.3. The summed E-state index contributed by atoms with van der Waals surface area (Å²) >= 11 is 6.54. The van der Waals surface area contributed by atoms with Crippen molar-refractivity contribution in [2.45, 2.75) is 80.7 Å². The van der Waals surface area contributed by atoms with Gasteiger partial charge in [0.1, 0.15) is 18.6 Å². The summed E-state index contributed by atoms with van der Waals surface area (Å²) in [5.41, 5.74) is 1.63. The topological polar surface area (TPSA) is 85.6 Å². The third kappa shape index (κ3) is 4.96. The summed E-state index contributed by atoms with van der Waals surface area (Å²) < 4.78 is 51.7. The maximum atomic E-state index is 17.1. The van der Waals surface area contributed by atoms with Gasteiger partial charge in [-0.15, -0.1) is 0 Å². The quantitative estimate of drug-likeness (QED) is 0.394. The molecule has 2 aliphatic carbocycles. The third-order valence-electron chi connectivity index (χ3n) is 10.9. The molecule has 0 N–H and O–H groups in total. The van der Waals surface area contributed by atoms with Crippen LogP contribution in [0.2, 0.25) is 5.02 Å². The van der Waals surface area contributed by atoms with Crippen molar-refractivity contribution in [1.29, 1.82) is 5.26 Å². The minimum Gasteiger partial charge on any atom is -0.461 e. The molecule has 12 heteroatoms. The minimum absolute atomic E-state index is 0.0126. The second-order valence-electron chi connectivity index (χ2n) is 13.2. The highest BCUT2D eigenvalue weighted by Gasteiger charge is 2.52. The number of fused-ring (bicyclic) bond motifs is 4. The number of aromatic nitrogens is 2. The summed E-state index contributed by atoms with van der Waals surface area (Å²) in [6.45, 7) is 5.19. The van der Waals surface area contributed by atoms with E-state index in [1.165, 1.54) is 4.90 Å². The van der Waals surface area contributed by atoms with Crippen LogP contribution in [0.1, 0.15) is 67.1 Å². The number of ether oxygens (including phenoxy) is 1. The number of carbonyl (C=O) groups excluding carboxylic acids is 1. The average molecular weight is 641 g/mol. The molecule has 0 unspecified atom stereocenters. The van der Waals surface area contributed by atoms with Crippen LogP contribution in [-0.2, 0) is 23.1 Å². The van der Waals surface area contributed by atoms with Gasteiger partial charge in [-0.3, -0.25) is 9.69 Å². The SMILES string of the molecule is C=C(F)C(=O)N1CCN(c2nc(OC[C@@]34CCCN3C[C@H](F)C4)nc3c2CC[C@@]2(CCc4c(Cl)cccc42)[C@H]3F)C[C@@H]1CC#N. The molecule has 45 heavy (non-hydrogen) atoms. The molecule has 1 aromatic heterocycles. The molecule has 1 amide bonds. The van der Waals surface area contributed by atoms with Gasteiger partial charge in [0.05, 0.1) is 29.8 Å². The van der Waals surface area contributed by atoms with E-state index in [0.29, 0.717) is 61.6 Å². The first-order chi connectivity index (χ1) is 21.7. The smallest absolute Gasteiger partial charge is 0.318 e. The number of hydrogen-bond acceptors (Lipinski definition) is 7. The Morgan fingerprint density at radius 2 is 1.93 bits per heavy atom. The van der Waals surface area contributed by atoms with Gasteiger partial charge in [-0.1, -0.05) is 30.3 Å². The number of piperazine rings is 1. The molecule has 3 saturated heterocycles. The van der Waals surface area contributed by atoms with Crippen LogP contribution in [-0.4, -0.2) is 82.8 Å². The van der Waals surface area contributed by atoms with Gasteiger partial charge in [0.25, 0.3) is 5.91 Å².